The minimum absolute atomic E-state index is 0.0154. The van der Waals surface area contributed by atoms with E-state index in [9.17, 15) is 13.2 Å². The molecule has 2 atom stereocenters. The lowest BCUT2D eigenvalue weighted by Crippen LogP contribution is -2.32. The van der Waals surface area contributed by atoms with E-state index in [0.717, 1.165) is 23.8 Å². The summed E-state index contributed by atoms with van der Waals surface area (Å²) >= 11 is 0. The second kappa shape index (κ2) is 10.4. The molecule has 1 amide bonds. The van der Waals surface area contributed by atoms with Gasteiger partial charge in [-0.15, -0.1) is 0 Å². The number of nitrogens with one attached hydrogen (secondary N) is 1. The lowest BCUT2D eigenvalue weighted by molar-refractivity contribution is 0.0186. The number of hydrogen-bond donors (Lipinski definition) is 2. The van der Waals surface area contributed by atoms with Crippen LogP contribution in [0.3, 0.4) is 0 Å². The van der Waals surface area contributed by atoms with Crippen molar-refractivity contribution in [2.75, 3.05) is 19.5 Å². The van der Waals surface area contributed by atoms with Crippen molar-refractivity contribution in [3.05, 3.63) is 78.1 Å². The number of ether oxygens (including phenoxy) is 2. The number of nitrogens with two attached hydrogens (primary N) is 1. The van der Waals surface area contributed by atoms with Gasteiger partial charge in [0.25, 0.3) is 15.9 Å². The number of sulfonamides is 1. The molecular formula is C28H28N4O5S. The SMILES string of the molecule is COc1c(-c2cc(N)ccn2)cc(C2CCOC(C)C2)cc1S(=O)(=O)NC(=O)c1ccc2ccccc2n1. The number of methoxy groups -OCH3 is 1. The van der Waals surface area contributed by atoms with Crippen molar-refractivity contribution >= 4 is 32.5 Å². The van der Waals surface area contributed by atoms with E-state index in [4.69, 9.17) is 15.2 Å². The van der Waals surface area contributed by atoms with E-state index in [1.54, 1.807) is 42.6 Å². The fourth-order valence-electron chi connectivity index (χ4n) is 4.78. The maximum absolute atomic E-state index is 13.7. The Morgan fingerprint density at radius 2 is 1.95 bits per heavy atom. The zero-order chi connectivity index (χ0) is 26.9. The normalized spacial score (nSPS) is 17.7. The van der Waals surface area contributed by atoms with E-state index in [1.165, 1.54) is 13.2 Å². The molecule has 9 nitrogen and oxygen atoms in total. The fraction of sp³-hybridized carbons (Fsp3) is 0.250. The molecule has 10 heteroatoms. The van der Waals surface area contributed by atoms with E-state index in [2.05, 4.69) is 14.7 Å². The monoisotopic (exact) mass is 532 g/mol. The smallest absolute Gasteiger partial charge is 0.283 e. The van der Waals surface area contributed by atoms with E-state index >= 15 is 0 Å². The summed E-state index contributed by atoms with van der Waals surface area (Å²) in [7, 11) is -2.99. The number of anilines is 1. The molecule has 0 aliphatic carbocycles. The van der Waals surface area contributed by atoms with E-state index in [1.807, 2.05) is 25.1 Å². The Balaban J connectivity index is 1.59. The highest BCUT2D eigenvalue weighted by Gasteiger charge is 2.30. The van der Waals surface area contributed by atoms with Crippen molar-refractivity contribution in [2.45, 2.75) is 36.7 Å². The van der Waals surface area contributed by atoms with Gasteiger partial charge in [0, 0.05) is 29.4 Å². The lowest BCUT2D eigenvalue weighted by Gasteiger charge is -2.28. The number of carbonyl (C=O) groups excluding carboxylic acids is 1. The number of fused-ring (bicyclic) bond motifs is 1. The zero-order valence-electron chi connectivity index (χ0n) is 21.0. The minimum atomic E-state index is -4.37. The first-order chi connectivity index (χ1) is 18.2. The van der Waals surface area contributed by atoms with Crippen LogP contribution >= 0.6 is 0 Å². The highest BCUT2D eigenvalue weighted by Crippen LogP contribution is 2.41. The summed E-state index contributed by atoms with van der Waals surface area (Å²) in [5, 5.41) is 0.839. The zero-order valence-corrected chi connectivity index (χ0v) is 21.9. The van der Waals surface area contributed by atoms with Gasteiger partial charge in [0.15, 0.2) is 0 Å². The van der Waals surface area contributed by atoms with Gasteiger partial charge in [0.2, 0.25) is 0 Å². The molecule has 0 spiro atoms. The number of aromatic nitrogens is 2. The second-order valence-electron chi connectivity index (χ2n) is 9.30. The van der Waals surface area contributed by atoms with Crippen LogP contribution in [0.5, 0.6) is 5.75 Å². The molecule has 196 valence electrons. The molecule has 0 bridgehead atoms. The van der Waals surface area contributed by atoms with Crippen molar-refractivity contribution in [1.29, 1.82) is 0 Å². The van der Waals surface area contributed by atoms with Crippen molar-refractivity contribution in [1.82, 2.24) is 14.7 Å². The van der Waals surface area contributed by atoms with Crippen LogP contribution in [0.2, 0.25) is 0 Å². The molecule has 5 rings (SSSR count). The van der Waals surface area contributed by atoms with Gasteiger partial charge in [-0.3, -0.25) is 9.78 Å². The van der Waals surface area contributed by atoms with Gasteiger partial charge in [0.1, 0.15) is 16.3 Å². The Hall–Kier alpha value is -4.02. The molecule has 2 aromatic carbocycles. The Bertz CT molecular complexity index is 1620. The number of hydrogen-bond acceptors (Lipinski definition) is 8. The van der Waals surface area contributed by atoms with Gasteiger partial charge in [-0.25, -0.2) is 18.1 Å². The first-order valence-electron chi connectivity index (χ1n) is 12.2. The summed E-state index contributed by atoms with van der Waals surface area (Å²) in [6.45, 7) is 2.56. The van der Waals surface area contributed by atoms with E-state index < -0.39 is 15.9 Å². The van der Waals surface area contributed by atoms with Crippen LogP contribution in [0.25, 0.3) is 22.2 Å². The standard InChI is InChI=1S/C28H28N4O5S/c1-17-13-19(10-12-37-17)20-14-22(25-16-21(29)9-11-30-25)27(36-2)26(15-20)38(34,35)32-28(33)24-8-7-18-5-3-4-6-23(18)31-24/h3-9,11,14-17,19H,10,12-13H2,1-2H3,(H2,29,30)(H,32,33). The summed E-state index contributed by atoms with van der Waals surface area (Å²) in [6.07, 6.45) is 3.04. The van der Waals surface area contributed by atoms with Crippen LogP contribution in [-0.4, -0.2) is 44.1 Å². The van der Waals surface area contributed by atoms with Crippen LogP contribution in [0.4, 0.5) is 5.69 Å². The maximum Gasteiger partial charge on any atom is 0.283 e. The molecule has 4 aromatic rings. The first kappa shape index (κ1) is 25.6. The van der Waals surface area contributed by atoms with Gasteiger partial charge >= 0.3 is 0 Å². The third kappa shape index (κ3) is 5.18. The predicted molar refractivity (Wildman–Crippen MR) is 144 cm³/mol. The lowest BCUT2D eigenvalue weighted by atomic mass is 9.87. The van der Waals surface area contributed by atoms with Gasteiger partial charge in [-0.05, 0) is 67.6 Å². The van der Waals surface area contributed by atoms with Crippen LogP contribution in [0.1, 0.15) is 41.7 Å². The van der Waals surface area contributed by atoms with Crippen molar-refractivity contribution < 1.29 is 22.7 Å². The Labute approximate surface area is 221 Å². The van der Waals surface area contributed by atoms with Crippen molar-refractivity contribution in [3.63, 3.8) is 0 Å². The van der Waals surface area contributed by atoms with E-state index in [0.29, 0.717) is 29.1 Å². The molecule has 1 aliphatic heterocycles. The number of benzene rings is 2. The van der Waals surface area contributed by atoms with Crippen molar-refractivity contribution in [2.24, 2.45) is 0 Å². The van der Waals surface area contributed by atoms with Gasteiger partial charge in [-0.1, -0.05) is 24.3 Å². The molecule has 0 saturated carbocycles. The first-order valence-corrected chi connectivity index (χ1v) is 13.7. The van der Waals surface area contributed by atoms with Crippen LogP contribution in [-0.2, 0) is 14.8 Å². The van der Waals surface area contributed by atoms with Gasteiger partial charge in [-0.2, -0.15) is 0 Å². The largest absolute Gasteiger partial charge is 0.495 e. The Kier molecular flexibility index (Phi) is 7.00. The number of nitrogen functional groups attached to an aromatic ring is 1. The molecule has 38 heavy (non-hydrogen) atoms. The molecule has 2 aromatic heterocycles. The summed E-state index contributed by atoms with van der Waals surface area (Å²) < 4.78 is 40.9. The quantitative estimate of drug-likeness (QED) is 0.376. The van der Waals surface area contributed by atoms with Crippen LogP contribution in [0.15, 0.2) is 71.8 Å². The topological polar surface area (TPSA) is 134 Å². The number of amides is 1. The van der Waals surface area contributed by atoms with Crippen molar-refractivity contribution in [3.8, 4) is 17.0 Å². The average molecular weight is 533 g/mol. The number of rotatable bonds is 6. The van der Waals surface area contributed by atoms with Gasteiger partial charge < -0.3 is 15.2 Å². The highest BCUT2D eigenvalue weighted by molar-refractivity contribution is 7.90. The Morgan fingerprint density at radius 3 is 2.71 bits per heavy atom. The third-order valence-corrected chi connectivity index (χ3v) is 7.98. The number of pyridine rings is 2. The number of nitrogens with zero attached hydrogens (tertiary/aromatic N) is 2. The molecule has 2 unspecified atom stereocenters. The highest BCUT2D eigenvalue weighted by atomic mass is 32.2. The summed E-state index contributed by atoms with van der Waals surface area (Å²) in [5.74, 6) is -0.721. The molecule has 1 fully saturated rings. The summed E-state index contributed by atoms with van der Waals surface area (Å²) in [6, 6.07) is 17.2. The maximum atomic E-state index is 13.7. The van der Waals surface area contributed by atoms with Crippen LogP contribution < -0.4 is 15.2 Å². The molecular weight excluding hydrogens is 504 g/mol. The molecule has 1 saturated heterocycles. The van der Waals surface area contributed by atoms with Crippen LogP contribution in [0, 0.1) is 0 Å². The van der Waals surface area contributed by atoms with Gasteiger partial charge in [0.05, 0.1) is 24.4 Å². The summed E-state index contributed by atoms with van der Waals surface area (Å²) in [4.78, 5) is 21.6. The fourth-order valence-corrected chi connectivity index (χ4v) is 5.96. The second-order valence-corrected chi connectivity index (χ2v) is 11.0. The van der Waals surface area contributed by atoms with E-state index in [-0.39, 0.29) is 28.4 Å². The Morgan fingerprint density at radius 1 is 1.13 bits per heavy atom. The summed E-state index contributed by atoms with van der Waals surface area (Å²) in [5.41, 5.74) is 8.76. The molecule has 3 N–H and O–H groups in total. The predicted octanol–water partition coefficient (Wildman–Crippen LogP) is 4.29. The molecule has 0 radical (unpaired) electrons. The molecule has 3 heterocycles. The number of para-hydroxylation sites is 1. The molecule has 1 aliphatic rings. The average Bonchev–Trinajstić information content (AvgIpc) is 2.91. The third-order valence-electron chi connectivity index (χ3n) is 6.65. The number of carbonyl (C=O) groups is 1. The minimum Gasteiger partial charge on any atom is -0.495 e.